The van der Waals surface area contributed by atoms with Crippen LogP contribution in [-0.2, 0) is 0 Å². The molecule has 0 bridgehead atoms. The van der Waals surface area contributed by atoms with Gasteiger partial charge in [0.05, 0.1) is 12.7 Å². The molecule has 0 saturated heterocycles. The molecule has 1 heterocycles. The molecule has 3 nitrogen and oxygen atoms in total. The fourth-order valence-corrected chi connectivity index (χ4v) is 1.78. The van der Waals surface area contributed by atoms with Gasteiger partial charge in [0, 0.05) is 11.5 Å². The van der Waals surface area contributed by atoms with Gasteiger partial charge < -0.3 is 9.15 Å². The van der Waals surface area contributed by atoms with Crippen LogP contribution < -0.4 is 10.2 Å². The van der Waals surface area contributed by atoms with Gasteiger partial charge in [-0.05, 0) is 20.3 Å². The van der Waals surface area contributed by atoms with E-state index in [0.717, 1.165) is 0 Å². The van der Waals surface area contributed by atoms with Crippen LogP contribution in [0.3, 0.4) is 0 Å². The van der Waals surface area contributed by atoms with Gasteiger partial charge in [-0.25, -0.2) is 0 Å². The molecule has 1 aromatic heterocycles. The molecule has 1 unspecified atom stereocenters. The molecule has 3 heteroatoms. The van der Waals surface area contributed by atoms with Gasteiger partial charge >= 0.3 is 0 Å². The third-order valence-electron chi connectivity index (χ3n) is 2.79. The number of hydrogen-bond acceptors (Lipinski definition) is 3. The summed E-state index contributed by atoms with van der Waals surface area (Å²) in [6.45, 7) is 10.9. The molecule has 0 N–H and O–H groups in total. The van der Waals surface area contributed by atoms with Gasteiger partial charge in [-0.1, -0.05) is 12.2 Å². The molecule has 0 aromatic carbocycles. The van der Waals surface area contributed by atoms with Gasteiger partial charge in [0.1, 0.15) is 5.76 Å². The fourth-order valence-electron chi connectivity index (χ4n) is 1.78. The number of hydrogen-bond donors (Lipinski definition) is 0. The standard InChI is InChI=1S/C14H18O3/c1-6-8-11(7-2)13-9(3)12(15)10(4)14(16-5)17-13/h6-7,11H,1-2,8H2,3-5H3. The molecule has 0 saturated carbocycles. The lowest BCUT2D eigenvalue weighted by atomic mass is 9.98. The van der Waals surface area contributed by atoms with Crippen LogP contribution in [0.5, 0.6) is 5.95 Å². The number of rotatable bonds is 5. The summed E-state index contributed by atoms with van der Waals surface area (Å²) in [5.74, 6) is 0.827. The van der Waals surface area contributed by atoms with Crippen LogP contribution in [0.1, 0.15) is 29.2 Å². The topological polar surface area (TPSA) is 39.4 Å². The fraction of sp³-hybridized carbons (Fsp3) is 0.357. The zero-order valence-electron chi connectivity index (χ0n) is 10.6. The van der Waals surface area contributed by atoms with Crippen LogP contribution in [0.25, 0.3) is 0 Å². The molecule has 0 aliphatic heterocycles. The summed E-state index contributed by atoms with van der Waals surface area (Å²) in [5, 5.41) is 0. The maximum absolute atomic E-state index is 12.0. The normalized spacial score (nSPS) is 11.9. The van der Waals surface area contributed by atoms with Crippen molar-refractivity contribution in [2.75, 3.05) is 7.11 Å². The zero-order chi connectivity index (χ0) is 13.0. The van der Waals surface area contributed by atoms with Crippen molar-refractivity contribution in [3.63, 3.8) is 0 Å². The van der Waals surface area contributed by atoms with E-state index in [4.69, 9.17) is 9.15 Å². The smallest absolute Gasteiger partial charge is 0.291 e. The molecule has 92 valence electrons. The molecule has 1 rings (SSSR count). The molecule has 1 atom stereocenters. The van der Waals surface area contributed by atoms with Crippen molar-refractivity contribution < 1.29 is 9.15 Å². The highest BCUT2D eigenvalue weighted by Gasteiger charge is 2.18. The Morgan fingerprint density at radius 2 is 2.00 bits per heavy atom. The highest BCUT2D eigenvalue weighted by molar-refractivity contribution is 5.32. The van der Waals surface area contributed by atoms with Crippen molar-refractivity contribution in [3.8, 4) is 5.95 Å². The van der Waals surface area contributed by atoms with Gasteiger partial charge in [-0.3, -0.25) is 4.79 Å². The SMILES string of the molecule is C=CCC(C=C)c1oc(OC)c(C)c(=O)c1C. The van der Waals surface area contributed by atoms with Crippen molar-refractivity contribution in [1.82, 2.24) is 0 Å². The minimum absolute atomic E-state index is 0.0426. The lowest BCUT2D eigenvalue weighted by Gasteiger charge is -2.14. The quantitative estimate of drug-likeness (QED) is 0.735. The van der Waals surface area contributed by atoms with Crippen LogP contribution in [0.2, 0.25) is 0 Å². The van der Waals surface area contributed by atoms with E-state index in [2.05, 4.69) is 13.2 Å². The summed E-state index contributed by atoms with van der Waals surface area (Å²) < 4.78 is 10.7. The summed E-state index contributed by atoms with van der Waals surface area (Å²) in [4.78, 5) is 12.0. The van der Waals surface area contributed by atoms with E-state index >= 15 is 0 Å². The van der Waals surface area contributed by atoms with Crippen molar-refractivity contribution in [2.45, 2.75) is 26.2 Å². The zero-order valence-corrected chi connectivity index (χ0v) is 10.6. The van der Waals surface area contributed by atoms with Gasteiger partial charge in [0.15, 0.2) is 5.43 Å². The van der Waals surface area contributed by atoms with E-state index in [1.807, 2.05) is 0 Å². The molecule has 1 aromatic rings. The van der Waals surface area contributed by atoms with Crippen LogP contribution in [-0.4, -0.2) is 7.11 Å². The second-order valence-electron chi connectivity index (χ2n) is 3.90. The second kappa shape index (κ2) is 5.53. The molecule has 0 amide bonds. The molecular weight excluding hydrogens is 216 g/mol. The Kier molecular flexibility index (Phi) is 4.32. The summed E-state index contributed by atoms with van der Waals surface area (Å²) in [6.07, 6.45) is 4.21. The van der Waals surface area contributed by atoms with E-state index in [9.17, 15) is 4.79 Å². The van der Waals surface area contributed by atoms with Crippen LogP contribution in [0.4, 0.5) is 0 Å². The lowest BCUT2D eigenvalue weighted by molar-refractivity contribution is 0.275. The van der Waals surface area contributed by atoms with E-state index in [-0.39, 0.29) is 17.3 Å². The van der Waals surface area contributed by atoms with E-state index in [1.165, 1.54) is 7.11 Å². The highest BCUT2D eigenvalue weighted by Crippen LogP contribution is 2.27. The van der Waals surface area contributed by atoms with Crippen molar-refractivity contribution >= 4 is 0 Å². The third kappa shape index (κ3) is 2.49. The molecular formula is C14H18O3. The molecule has 0 spiro atoms. The molecule has 0 aliphatic carbocycles. The Hall–Kier alpha value is -1.77. The second-order valence-corrected chi connectivity index (χ2v) is 3.90. The first-order chi connectivity index (χ1) is 8.06. The average molecular weight is 234 g/mol. The van der Waals surface area contributed by atoms with Crippen molar-refractivity contribution in [2.24, 2.45) is 0 Å². The van der Waals surface area contributed by atoms with Crippen molar-refractivity contribution in [3.05, 3.63) is 52.4 Å². The summed E-state index contributed by atoms with van der Waals surface area (Å²) in [7, 11) is 1.49. The van der Waals surface area contributed by atoms with Gasteiger partial charge in [-0.15, -0.1) is 13.2 Å². The predicted octanol–water partition coefficient (Wildman–Crippen LogP) is 3.11. The van der Waals surface area contributed by atoms with Crippen LogP contribution in [0, 0.1) is 13.8 Å². The Labute approximate surface area is 101 Å². The molecule has 17 heavy (non-hydrogen) atoms. The van der Waals surface area contributed by atoms with Gasteiger partial charge in [-0.2, -0.15) is 0 Å². The lowest BCUT2D eigenvalue weighted by Crippen LogP contribution is -2.14. The number of allylic oxidation sites excluding steroid dienone is 2. The largest absolute Gasteiger partial charge is 0.468 e. The molecule has 0 fully saturated rings. The summed E-state index contributed by atoms with van der Waals surface area (Å²) in [6, 6.07) is 0. The van der Waals surface area contributed by atoms with Crippen LogP contribution >= 0.6 is 0 Å². The number of ether oxygens (including phenoxy) is 1. The minimum Gasteiger partial charge on any atom is -0.468 e. The van der Waals surface area contributed by atoms with E-state index in [1.54, 1.807) is 26.0 Å². The highest BCUT2D eigenvalue weighted by atomic mass is 16.6. The first-order valence-corrected chi connectivity index (χ1v) is 5.48. The maximum atomic E-state index is 12.0. The van der Waals surface area contributed by atoms with Crippen molar-refractivity contribution in [1.29, 1.82) is 0 Å². The summed E-state index contributed by atoms with van der Waals surface area (Å²) in [5.41, 5.74) is 1.06. The first kappa shape index (κ1) is 13.3. The van der Waals surface area contributed by atoms with Gasteiger partial charge in [0.25, 0.3) is 5.95 Å². The Balaban J connectivity index is 3.42. The summed E-state index contributed by atoms with van der Waals surface area (Å²) >= 11 is 0. The van der Waals surface area contributed by atoms with Crippen LogP contribution in [0.15, 0.2) is 34.5 Å². The predicted molar refractivity (Wildman–Crippen MR) is 68.8 cm³/mol. The van der Waals surface area contributed by atoms with E-state index in [0.29, 0.717) is 23.3 Å². The minimum atomic E-state index is -0.0466. The van der Waals surface area contributed by atoms with Gasteiger partial charge in [0.2, 0.25) is 0 Å². The Morgan fingerprint density at radius 3 is 2.47 bits per heavy atom. The Bertz CT molecular complexity index is 483. The molecule has 0 aliphatic rings. The molecule has 0 radical (unpaired) electrons. The third-order valence-corrected chi connectivity index (χ3v) is 2.79. The average Bonchev–Trinajstić information content (AvgIpc) is 2.34. The monoisotopic (exact) mass is 234 g/mol. The first-order valence-electron chi connectivity index (χ1n) is 5.48. The van der Waals surface area contributed by atoms with E-state index < -0.39 is 0 Å². The Morgan fingerprint density at radius 1 is 1.35 bits per heavy atom. The maximum Gasteiger partial charge on any atom is 0.291 e. The number of methoxy groups -OCH3 is 1.